The molecular weight excluding hydrogens is 759 g/mol. The molecule has 1 saturated heterocycles. The fourth-order valence-corrected chi connectivity index (χ4v) is 8.14. The van der Waals surface area contributed by atoms with E-state index in [-0.39, 0.29) is 26.1 Å². The maximum Gasteiger partial charge on any atom is 0.472 e. The maximum absolute atomic E-state index is 13.5. The standard InChI is InChI=1S/C45H88N2O10P/c1-8-10-12-14-16-18-20-21-22-23-25-27-29-32-42(48)53-38-41(39-56-58(51,52)55-37-36-47(5,6)7)57-43(49)33-31-35-45(46(50)44(3,4)40-54-45)34-30-28-26-24-19-17-15-13-11-9-2/h41H,8-40H2,1-7H3/p+1/t41-,45?/m1/s1. The van der Waals surface area contributed by atoms with E-state index in [1.54, 1.807) is 0 Å². The zero-order valence-corrected chi connectivity index (χ0v) is 39.3. The number of quaternary nitrogens is 1. The molecule has 0 aromatic rings. The van der Waals surface area contributed by atoms with Gasteiger partial charge in [0, 0.05) is 12.8 Å². The molecule has 1 rings (SSSR count). The van der Waals surface area contributed by atoms with Crippen LogP contribution in [0.15, 0.2) is 0 Å². The van der Waals surface area contributed by atoms with Crippen LogP contribution in [-0.4, -0.2) is 97.9 Å². The number of hydrogen-bond donors (Lipinski definition) is 1. The van der Waals surface area contributed by atoms with Gasteiger partial charge in [-0.15, -0.1) is 10.3 Å². The Morgan fingerprint density at radius 2 is 1.12 bits per heavy atom. The fraction of sp³-hybridized carbons (Fsp3) is 0.956. The van der Waals surface area contributed by atoms with Crippen molar-refractivity contribution >= 4 is 19.8 Å². The molecule has 0 aromatic heterocycles. The predicted octanol–water partition coefficient (Wildman–Crippen LogP) is 11.4. The normalized spacial score (nSPS) is 18.6. The molecular formula is C45H89N2O10P+. The first-order chi connectivity index (χ1) is 27.6. The van der Waals surface area contributed by atoms with Crippen LogP contribution in [-0.2, 0) is 42.6 Å². The van der Waals surface area contributed by atoms with Crippen molar-refractivity contribution in [2.24, 2.45) is 0 Å². The van der Waals surface area contributed by atoms with Gasteiger partial charge in [0.05, 0.1) is 39.9 Å². The predicted molar refractivity (Wildman–Crippen MR) is 231 cm³/mol. The molecule has 1 heterocycles. The van der Waals surface area contributed by atoms with Crippen molar-refractivity contribution < 1.29 is 52.0 Å². The number of unbranched alkanes of at least 4 members (excludes halogenated alkanes) is 21. The number of nitrogens with zero attached hydrogens (tertiary/aromatic N) is 2. The van der Waals surface area contributed by atoms with Gasteiger partial charge in [-0.2, -0.15) is 0 Å². The van der Waals surface area contributed by atoms with E-state index in [2.05, 4.69) is 13.8 Å². The van der Waals surface area contributed by atoms with Crippen molar-refractivity contribution in [1.82, 2.24) is 5.06 Å². The van der Waals surface area contributed by atoms with Crippen molar-refractivity contribution in [3.63, 3.8) is 0 Å². The summed E-state index contributed by atoms with van der Waals surface area (Å²) in [5, 5.41) is 14.6. The first kappa shape index (κ1) is 54.9. The number of rotatable bonds is 39. The zero-order chi connectivity index (χ0) is 43.2. The van der Waals surface area contributed by atoms with E-state index in [1.165, 1.54) is 103 Å². The molecule has 0 aliphatic carbocycles. The quantitative estimate of drug-likeness (QED) is 0.0275. The van der Waals surface area contributed by atoms with Gasteiger partial charge < -0.3 is 23.6 Å². The van der Waals surface area contributed by atoms with Crippen LogP contribution in [0, 0.1) is 0 Å². The molecule has 1 radical (unpaired) electrons. The molecule has 0 amide bonds. The van der Waals surface area contributed by atoms with Crippen molar-refractivity contribution in [2.45, 2.75) is 225 Å². The molecule has 343 valence electrons. The number of carbonyl (C=O) groups is 2. The third-order valence-corrected chi connectivity index (χ3v) is 12.1. The molecule has 3 atom stereocenters. The lowest BCUT2D eigenvalue weighted by molar-refractivity contribution is -0.870. The second kappa shape index (κ2) is 31.7. The lowest BCUT2D eigenvalue weighted by Gasteiger charge is -2.35. The van der Waals surface area contributed by atoms with Crippen LogP contribution in [0.2, 0.25) is 0 Å². The number of phosphoric acid groups is 1. The number of hydrogen-bond acceptors (Lipinski definition) is 9. The fourth-order valence-electron chi connectivity index (χ4n) is 7.40. The van der Waals surface area contributed by atoms with Gasteiger partial charge in [-0.05, 0) is 46.0 Å². The minimum absolute atomic E-state index is 0.00238. The maximum atomic E-state index is 13.5. The molecule has 12 nitrogen and oxygen atoms in total. The Bertz CT molecular complexity index is 1100. The average molecular weight is 849 g/mol. The number of likely N-dealkylation sites (N-methyl/N-ethyl adjacent to an activating group) is 1. The molecule has 13 heteroatoms. The zero-order valence-electron chi connectivity index (χ0n) is 38.4. The largest absolute Gasteiger partial charge is 0.472 e. The van der Waals surface area contributed by atoms with E-state index in [0.717, 1.165) is 43.6 Å². The van der Waals surface area contributed by atoms with E-state index >= 15 is 0 Å². The Labute approximate surface area is 355 Å². The first-order valence-corrected chi connectivity index (χ1v) is 24.9. The summed E-state index contributed by atoms with van der Waals surface area (Å²) in [6, 6.07) is 0. The van der Waals surface area contributed by atoms with Gasteiger partial charge in [0.15, 0.2) is 6.10 Å². The van der Waals surface area contributed by atoms with Crippen LogP contribution >= 0.6 is 7.82 Å². The summed E-state index contributed by atoms with van der Waals surface area (Å²) in [6.45, 7) is 8.24. The van der Waals surface area contributed by atoms with Gasteiger partial charge in [-0.3, -0.25) is 18.6 Å². The van der Waals surface area contributed by atoms with E-state index in [0.29, 0.717) is 43.3 Å². The second-order valence-corrected chi connectivity index (χ2v) is 20.0. The number of ether oxygens (including phenoxy) is 3. The Balaban J connectivity index is 2.60. The van der Waals surface area contributed by atoms with Crippen molar-refractivity contribution in [1.29, 1.82) is 0 Å². The summed E-state index contributed by atoms with van der Waals surface area (Å²) in [5.41, 5.74) is -1.66. The molecule has 0 aromatic carbocycles. The van der Waals surface area contributed by atoms with E-state index in [1.807, 2.05) is 35.0 Å². The summed E-state index contributed by atoms with van der Waals surface area (Å²) in [5.74, 6) is -0.996. The molecule has 0 saturated carbocycles. The molecule has 1 aliphatic rings. The molecule has 1 N–H and O–H groups in total. The summed E-state index contributed by atoms with van der Waals surface area (Å²) in [7, 11) is 1.34. The van der Waals surface area contributed by atoms with Crippen LogP contribution in [0.5, 0.6) is 0 Å². The van der Waals surface area contributed by atoms with Gasteiger partial charge in [-0.1, -0.05) is 149 Å². The van der Waals surface area contributed by atoms with Crippen LogP contribution in [0.4, 0.5) is 0 Å². The van der Waals surface area contributed by atoms with Crippen LogP contribution in [0.3, 0.4) is 0 Å². The lowest BCUT2D eigenvalue weighted by Crippen LogP contribution is -2.49. The lowest BCUT2D eigenvalue weighted by atomic mass is 9.95. The highest BCUT2D eigenvalue weighted by Gasteiger charge is 2.52. The smallest absolute Gasteiger partial charge is 0.462 e. The highest BCUT2D eigenvalue weighted by molar-refractivity contribution is 7.47. The molecule has 0 bridgehead atoms. The monoisotopic (exact) mass is 849 g/mol. The third-order valence-electron chi connectivity index (χ3n) is 11.1. The number of carbonyl (C=O) groups excluding carboxylic acids is 2. The van der Waals surface area contributed by atoms with Crippen molar-refractivity contribution in [3.8, 4) is 0 Å². The summed E-state index contributed by atoms with van der Waals surface area (Å²) in [4.78, 5) is 36.1. The first-order valence-electron chi connectivity index (χ1n) is 23.4. The second-order valence-electron chi connectivity index (χ2n) is 18.5. The van der Waals surface area contributed by atoms with E-state index < -0.39 is 43.7 Å². The molecule has 2 unspecified atom stereocenters. The summed E-state index contributed by atoms with van der Waals surface area (Å²) >= 11 is 0. The molecule has 58 heavy (non-hydrogen) atoms. The third kappa shape index (κ3) is 27.7. The minimum Gasteiger partial charge on any atom is -0.462 e. The van der Waals surface area contributed by atoms with Gasteiger partial charge in [0.1, 0.15) is 25.5 Å². The molecule has 1 fully saturated rings. The van der Waals surface area contributed by atoms with Gasteiger partial charge >= 0.3 is 19.8 Å². The summed E-state index contributed by atoms with van der Waals surface area (Å²) in [6.07, 6.45) is 28.1. The Morgan fingerprint density at radius 3 is 1.59 bits per heavy atom. The Hall–Kier alpha value is -1.11. The highest BCUT2D eigenvalue weighted by atomic mass is 31.2. The molecule has 1 aliphatic heterocycles. The average Bonchev–Trinajstić information content (AvgIpc) is 3.38. The van der Waals surface area contributed by atoms with Crippen LogP contribution in [0.1, 0.15) is 207 Å². The van der Waals surface area contributed by atoms with Crippen molar-refractivity contribution in [2.75, 3.05) is 54.1 Å². The van der Waals surface area contributed by atoms with E-state index in [4.69, 9.17) is 23.3 Å². The Kier molecular flexibility index (Phi) is 30.0. The SMILES string of the molecule is CCCCCCCCCCCCCCCC(=O)OC[C@H](COP(=O)(O)OCC[N+](C)(C)C)OC(=O)CCCC1(CCCCCCCCCCCC)OCC(C)(C)N1[O]. The van der Waals surface area contributed by atoms with Gasteiger partial charge in [0.2, 0.25) is 0 Å². The van der Waals surface area contributed by atoms with Gasteiger partial charge in [0.25, 0.3) is 0 Å². The summed E-state index contributed by atoms with van der Waals surface area (Å²) < 4.78 is 40.8. The number of hydroxylamine groups is 2. The van der Waals surface area contributed by atoms with E-state index in [9.17, 15) is 24.3 Å². The Morgan fingerprint density at radius 1 is 0.672 bits per heavy atom. The molecule has 0 spiro atoms. The minimum atomic E-state index is -4.46. The van der Waals surface area contributed by atoms with Crippen LogP contribution < -0.4 is 0 Å². The van der Waals surface area contributed by atoms with Crippen LogP contribution in [0.25, 0.3) is 0 Å². The number of phosphoric ester groups is 1. The topological polar surface area (TPSA) is 141 Å². The van der Waals surface area contributed by atoms with Crippen molar-refractivity contribution in [3.05, 3.63) is 0 Å². The highest BCUT2D eigenvalue weighted by Crippen LogP contribution is 2.43. The van der Waals surface area contributed by atoms with Gasteiger partial charge in [-0.25, -0.2) is 4.57 Å². The number of esters is 2.